The minimum Gasteiger partial charge on any atom is -0.379 e. The summed E-state index contributed by atoms with van der Waals surface area (Å²) in [6, 6.07) is 0. The Morgan fingerprint density at radius 2 is 1.83 bits per heavy atom. The molecule has 0 heterocycles. The maximum absolute atomic E-state index is 5.57. The molecule has 0 aliphatic heterocycles. The molecule has 0 N–H and O–H groups in total. The normalized spacial score (nSPS) is 44.0. The Kier molecular flexibility index (Phi) is 1.76. The molecule has 0 amide bonds. The van der Waals surface area contributed by atoms with E-state index in [1.807, 2.05) is 0 Å². The Bertz CT molecular complexity index is 164. The third-order valence-corrected chi connectivity index (χ3v) is 3.49. The number of rotatable bonds is 4. The second kappa shape index (κ2) is 2.47. The lowest BCUT2D eigenvalue weighted by Crippen LogP contribution is -2.60. The molecule has 70 valence electrons. The molecule has 0 saturated heterocycles. The van der Waals surface area contributed by atoms with E-state index in [2.05, 4.69) is 20.8 Å². The molecule has 2 bridgehead atoms. The standard InChI is InChI=1S/C11H20O/c1-9(2)12-5-4-11-6-10(3,7-11)8-11/h9H,4-8H2,1-3H3. The van der Waals surface area contributed by atoms with Crippen LogP contribution in [-0.4, -0.2) is 12.7 Å². The van der Waals surface area contributed by atoms with Gasteiger partial charge in [0.2, 0.25) is 0 Å². The van der Waals surface area contributed by atoms with E-state index in [1.165, 1.54) is 25.7 Å². The SMILES string of the molecule is CC(C)OCCC12CC(C)(C1)C2. The Morgan fingerprint density at radius 3 is 2.25 bits per heavy atom. The fourth-order valence-corrected chi connectivity index (χ4v) is 3.34. The van der Waals surface area contributed by atoms with E-state index in [0.717, 1.165) is 17.4 Å². The van der Waals surface area contributed by atoms with Crippen molar-refractivity contribution in [1.29, 1.82) is 0 Å². The van der Waals surface area contributed by atoms with Crippen molar-refractivity contribution in [1.82, 2.24) is 0 Å². The number of hydrogen-bond donors (Lipinski definition) is 0. The van der Waals surface area contributed by atoms with Crippen molar-refractivity contribution in [3.05, 3.63) is 0 Å². The summed E-state index contributed by atoms with van der Waals surface area (Å²) in [6.07, 6.45) is 6.14. The van der Waals surface area contributed by atoms with Crippen LogP contribution in [0.5, 0.6) is 0 Å². The molecule has 3 fully saturated rings. The Labute approximate surface area is 75.5 Å². The van der Waals surface area contributed by atoms with Crippen LogP contribution in [0.4, 0.5) is 0 Å². The van der Waals surface area contributed by atoms with Gasteiger partial charge < -0.3 is 4.74 Å². The lowest BCUT2D eigenvalue weighted by Gasteiger charge is -2.70. The average molecular weight is 168 g/mol. The van der Waals surface area contributed by atoms with Crippen molar-refractivity contribution >= 4 is 0 Å². The van der Waals surface area contributed by atoms with E-state index in [4.69, 9.17) is 4.74 Å². The van der Waals surface area contributed by atoms with Gasteiger partial charge in [-0.2, -0.15) is 0 Å². The minimum absolute atomic E-state index is 0.410. The molecule has 3 aliphatic carbocycles. The van der Waals surface area contributed by atoms with E-state index in [-0.39, 0.29) is 0 Å². The average Bonchev–Trinajstić information content (AvgIpc) is 1.80. The summed E-state index contributed by atoms with van der Waals surface area (Å²) >= 11 is 0. The topological polar surface area (TPSA) is 9.23 Å². The second-order valence-corrected chi connectivity index (χ2v) is 5.51. The number of ether oxygens (including phenoxy) is 1. The molecule has 0 spiro atoms. The van der Waals surface area contributed by atoms with E-state index >= 15 is 0 Å². The van der Waals surface area contributed by atoms with Crippen LogP contribution in [0.25, 0.3) is 0 Å². The van der Waals surface area contributed by atoms with Gasteiger partial charge >= 0.3 is 0 Å². The molecule has 12 heavy (non-hydrogen) atoms. The van der Waals surface area contributed by atoms with Gasteiger partial charge in [0.25, 0.3) is 0 Å². The van der Waals surface area contributed by atoms with Crippen LogP contribution in [0.15, 0.2) is 0 Å². The predicted octanol–water partition coefficient (Wildman–Crippen LogP) is 2.99. The molecule has 3 aliphatic rings. The zero-order valence-corrected chi connectivity index (χ0v) is 8.52. The van der Waals surface area contributed by atoms with Gasteiger partial charge in [-0.15, -0.1) is 0 Å². The molecule has 0 radical (unpaired) electrons. The van der Waals surface area contributed by atoms with Crippen LogP contribution in [0.2, 0.25) is 0 Å². The van der Waals surface area contributed by atoms with Gasteiger partial charge in [-0.3, -0.25) is 0 Å². The Hall–Kier alpha value is -0.0400. The molecule has 0 aromatic rings. The molecule has 3 rings (SSSR count). The third-order valence-electron chi connectivity index (χ3n) is 3.49. The summed E-state index contributed by atoms with van der Waals surface area (Å²) in [6.45, 7) is 7.62. The minimum atomic E-state index is 0.410. The van der Waals surface area contributed by atoms with Crippen molar-refractivity contribution in [2.24, 2.45) is 10.8 Å². The molecular weight excluding hydrogens is 148 g/mol. The van der Waals surface area contributed by atoms with Gasteiger partial charge in [-0.25, -0.2) is 0 Å². The molecule has 0 unspecified atom stereocenters. The fourth-order valence-electron chi connectivity index (χ4n) is 3.34. The summed E-state index contributed by atoms with van der Waals surface area (Å²) in [7, 11) is 0. The van der Waals surface area contributed by atoms with Crippen LogP contribution in [0, 0.1) is 10.8 Å². The largest absolute Gasteiger partial charge is 0.379 e. The van der Waals surface area contributed by atoms with Crippen molar-refractivity contribution in [3.63, 3.8) is 0 Å². The smallest absolute Gasteiger partial charge is 0.0518 e. The Morgan fingerprint density at radius 1 is 1.25 bits per heavy atom. The van der Waals surface area contributed by atoms with Crippen molar-refractivity contribution in [3.8, 4) is 0 Å². The molecule has 0 aromatic heterocycles. The monoisotopic (exact) mass is 168 g/mol. The zero-order valence-electron chi connectivity index (χ0n) is 8.52. The summed E-state index contributed by atoms with van der Waals surface area (Å²) in [5.74, 6) is 0. The van der Waals surface area contributed by atoms with Gasteiger partial charge in [0, 0.05) is 6.61 Å². The third kappa shape index (κ3) is 1.28. The summed E-state index contributed by atoms with van der Waals surface area (Å²) < 4.78 is 5.57. The molecule has 0 aromatic carbocycles. The first-order valence-electron chi connectivity index (χ1n) is 5.15. The lowest BCUT2D eigenvalue weighted by atomic mass is 9.35. The maximum atomic E-state index is 5.57. The summed E-state index contributed by atoms with van der Waals surface area (Å²) in [4.78, 5) is 0. The van der Waals surface area contributed by atoms with Gasteiger partial charge in [0.1, 0.15) is 0 Å². The van der Waals surface area contributed by atoms with Gasteiger partial charge in [-0.1, -0.05) is 6.92 Å². The zero-order chi connectivity index (χ0) is 8.82. The highest BCUT2D eigenvalue weighted by Gasteiger charge is 2.63. The quantitative estimate of drug-likeness (QED) is 0.627. The van der Waals surface area contributed by atoms with E-state index < -0.39 is 0 Å². The first-order chi connectivity index (χ1) is 5.54. The molecular formula is C11H20O. The van der Waals surface area contributed by atoms with Crippen LogP contribution in [0.3, 0.4) is 0 Å². The van der Waals surface area contributed by atoms with Gasteiger partial charge in [0.15, 0.2) is 0 Å². The van der Waals surface area contributed by atoms with Gasteiger partial charge in [0.05, 0.1) is 6.10 Å². The second-order valence-electron chi connectivity index (χ2n) is 5.51. The lowest BCUT2D eigenvalue weighted by molar-refractivity contribution is -0.202. The molecule has 3 saturated carbocycles. The van der Waals surface area contributed by atoms with Gasteiger partial charge in [-0.05, 0) is 50.4 Å². The molecule has 1 nitrogen and oxygen atoms in total. The van der Waals surface area contributed by atoms with Crippen molar-refractivity contribution in [2.45, 2.75) is 52.6 Å². The van der Waals surface area contributed by atoms with Crippen LogP contribution >= 0.6 is 0 Å². The van der Waals surface area contributed by atoms with E-state index in [0.29, 0.717) is 6.10 Å². The van der Waals surface area contributed by atoms with Crippen LogP contribution in [0.1, 0.15) is 46.5 Å². The summed E-state index contributed by atoms with van der Waals surface area (Å²) in [5.41, 5.74) is 1.50. The highest BCUT2D eigenvalue weighted by molar-refractivity contribution is 5.14. The van der Waals surface area contributed by atoms with Crippen LogP contribution in [-0.2, 0) is 4.74 Å². The van der Waals surface area contributed by atoms with E-state index in [1.54, 1.807) is 0 Å². The fraction of sp³-hybridized carbons (Fsp3) is 1.00. The number of hydrogen-bond acceptors (Lipinski definition) is 1. The first kappa shape index (κ1) is 8.55. The van der Waals surface area contributed by atoms with E-state index in [9.17, 15) is 0 Å². The predicted molar refractivity (Wildman–Crippen MR) is 50.1 cm³/mol. The maximum Gasteiger partial charge on any atom is 0.0518 e. The van der Waals surface area contributed by atoms with Crippen LogP contribution < -0.4 is 0 Å². The van der Waals surface area contributed by atoms with Crippen molar-refractivity contribution < 1.29 is 4.74 Å². The summed E-state index contributed by atoms with van der Waals surface area (Å²) in [5, 5.41) is 0. The molecule has 1 heteroatoms. The highest BCUT2D eigenvalue weighted by Crippen LogP contribution is 2.74. The highest BCUT2D eigenvalue weighted by atomic mass is 16.5. The molecule has 0 atom stereocenters. The Balaban J connectivity index is 1.64. The first-order valence-corrected chi connectivity index (χ1v) is 5.15. The van der Waals surface area contributed by atoms with Crippen molar-refractivity contribution in [2.75, 3.05) is 6.61 Å².